The Morgan fingerprint density at radius 2 is 1.75 bits per heavy atom. The van der Waals surface area contributed by atoms with Crippen LogP contribution in [0.4, 0.5) is 0 Å². The van der Waals surface area contributed by atoms with Crippen molar-refractivity contribution in [2.75, 3.05) is 6.61 Å². The van der Waals surface area contributed by atoms with Gasteiger partial charge in [0.25, 0.3) is 5.91 Å². The highest BCUT2D eigenvalue weighted by atomic mass is 16.5. The van der Waals surface area contributed by atoms with Crippen LogP contribution in [0.5, 0.6) is 5.75 Å². The van der Waals surface area contributed by atoms with Gasteiger partial charge in [0, 0.05) is 0 Å². The highest BCUT2D eigenvalue weighted by Gasteiger charge is 2.26. The van der Waals surface area contributed by atoms with Gasteiger partial charge in [0.2, 0.25) is 5.91 Å². The van der Waals surface area contributed by atoms with Crippen molar-refractivity contribution in [1.29, 1.82) is 0 Å². The van der Waals surface area contributed by atoms with Crippen LogP contribution >= 0.6 is 0 Å². The Morgan fingerprint density at radius 3 is 2.29 bits per heavy atom. The van der Waals surface area contributed by atoms with Gasteiger partial charge >= 0.3 is 5.97 Å². The summed E-state index contributed by atoms with van der Waals surface area (Å²) in [6.45, 7) is 5.08. The molecule has 2 amide bonds. The van der Waals surface area contributed by atoms with Gasteiger partial charge in [0.05, 0.1) is 12.3 Å². The van der Waals surface area contributed by atoms with Crippen LogP contribution in [0.3, 0.4) is 0 Å². The highest BCUT2D eigenvalue weighted by molar-refractivity contribution is 5.95. The quantitative estimate of drug-likeness (QED) is 0.607. The lowest BCUT2D eigenvalue weighted by Gasteiger charge is -2.24. The van der Waals surface area contributed by atoms with E-state index in [-0.39, 0.29) is 23.6 Å². The summed E-state index contributed by atoms with van der Waals surface area (Å²) in [5, 5.41) is 14.2. The molecule has 0 aliphatic carbocycles. The van der Waals surface area contributed by atoms with Crippen LogP contribution in [0, 0.1) is 5.92 Å². The maximum atomic E-state index is 12.7. The molecule has 1 aromatic carbocycles. The average molecular weight is 388 g/mol. The molecular weight excluding hydrogens is 364 g/mol. The Kier molecular flexibility index (Phi) is 7.20. The molecule has 2 atom stereocenters. The number of carboxylic acid groups (broad SMARTS) is 1. The van der Waals surface area contributed by atoms with Crippen LogP contribution in [0.2, 0.25) is 0 Å². The molecule has 0 radical (unpaired) electrons. The lowest BCUT2D eigenvalue weighted by molar-refractivity contribution is -0.139. The number of aliphatic carboxylic acids is 1. The van der Waals surface area contributed by atoms with Crippen molar-refractivity contribution in [3.8, 4) is 5.75 Å². The normalized spacial score (nSPS) is 12.9. The SMILES string of the molecule is CC(NC(=O)C(NC(=O)c1ccco1)C(C)C)c1ccc(OCC(=O)O)cc1. The average Bonchev–Trinajstić information content (AvgIpc) is 3.19. The van der Waals surface area contributed by atoms with Crippen LogP contribution < -0.4 is 15.4 Å². The van der Waals surface area contributed by atoms with Crippen molar-refractivity contribution in [2.45, 2.75) is 32.9 Å². The molecule has 3 N–H and O–H groups in total. The summed E-state index contributed by atoms with van der Waals surface area (Å²) in [5.74, 6) is -1.38. The summed E-state index contributed by atoms with van der Waals surface area (Å²) >= 11 is 0. The first kappa shape index (κ1) is 21.0. The second kappa shape index (κ2) is 9.59. The molecule has 0 aliphatic heterocycles. The van der Waals surface area contributed by atoms with E-state index in [1.54, 1.807) is 30.3 Å². The van der Waals surface area contributed by atoms with Gasteiger partial charge in [-0.05, 0) is 42.7 Å². The van der Waals surface area contributed by atoms with E-state index in [0.29, 0.717) is 5.75 Å². The fraction of sp³-hybridized carbons (Fsp3) is 0.350. The van der Waals surface area contributed by atoms with E-state index >= 15 is 0 Å². The maximum Gasteiger partial charge on any atom is 0.341 e. The Labute approximate surface area is 162 Å². The van der Waals surface area contributed by atoms with E-state index in [2.05, 4.69) is 10.6 Å². The predicted molar refractivity (Wildman–Crippen MR) is 101 cm³/mol. The molecule has 0 bridgehead atoms. The van der Waals surface area contributed by atoms with Crippen LogP contribution in [-0.4, -0.2) is 35.5 Å². The van der Waals surface area contributed by atoms with Gasteiger partial charge in [0.1, 0.15) is 11.8 Å². The Balaban J connectivity index is 1.98. The number of rotatable bonds is 9. The standard InChI is InChI=1S/C20H24N2O6/c1-12(2)18(22-19(25)16-5-4-10-27-16)20(26)21-13(3)14-6-8-15(9-7-14)28-11-17(23)24/h4-10,12-13,18H,11H2,1-3H3,(H,21,26)(H,22,25)(H,23,24). The minimum absolute atomic E-state index is 0.127. The van der Waals surface area contributed by atoms with Crippen LogP contribution in [0.25, 0.3) is 0 Å². The third-order valence-electron chi connectivity index (χ3n) is 4.08. The molecule has 150 valence electrons. The molecular formula is C20H24N2O6. The molecule has 0 fully saturated rings. The van der Waals surface area contributed by atoms with Gasteiger partial charge < -0.3 is 24.9 Å². The molecule has 8 nitrogen and oxygen atoms in total. The maximum absolute atomic E-state index is 12.7. The lowest BCUT2D eigenvalue weighted by Crippen LogP contribution is -2.50. The zero-order valence-electron chi connectivity index (χ0n) is 16.0. The molecule has 2 aromatic rings. The Hall–Kier alpha value is -3.29. The topological polar surface area (TPSA) is 118 Å². The van der Waals surface area contributed by atoms with Gasteiger partial charge in [-0.25, -0.2) is 4.79 Å². The first-order chi connectivity index (χ1) is 13.3. The Bertz CT molecular complexity index is 799. The number of hydrogen-bond acceptors (Lipinski definition) is 5. The predicted octanol–water partition coefficient (Wildman–Crippen LogP) is 2.37. The third kappa shape index (κ3) is 5.87. The van der Waals surface area contributed by atoms with Gasteiger partial charge in [-0.15, -0.1) is 0 Å². The number of ether oxygens (including phenoxy) is 1. The summed E-state index contributed by atoms with van der Waals surface area (Å²) in [7, 11) is 0. The van der Waals surface area contributed by atoms with Crippen LogP contribution in [0.15, 0.2) is 47.1 Å². The summed E-state index contributed by atoms with van der Waals surface area (Å²) in [6.07, 6.45) is 1.39. The van der Waals surface area contributed by atoms with E-state index in [0.717, 1.165) is 5.56 Å². The molecule has 8 heteroatoms. The van der Waals surface area contributed by atoms with Crippen molar-refractivity contribution in [1.82, 2.24) is 10.6 Å². The van der Waals surface area contributed by atoms with Crippen molar-refractivity contribution in [3.05, 3.63) is 54.0 Å². The smallest absolute Gasteiger partial charge is 0.341 e. The molecule has 28 heavy (non-hydrogen) atoms. The third-order valence-corrected chi connectivity index (χ3v) is 4.08. The fourth-order valence-corrected chi connectivity index (χ4v) is 2.54. The molecule has 0 spiro atoms. The molecule has 2 unspecified atom stereocenters. The van der Waals surface area contributed by atoms with E-state index in [1.165, 1.54) is 12.3 Å². The number of amides is 2. The van der Waals surface area contributed by atoms with Crippen molar-refractivity contribution >= 4 is 17.8 Å². The highest BCUT2D eigenvalue weighted by Crippen LogP contribution is 2.18. The second-order valence-corrected chi connectivity index (χ2v) is 6.65. The van der Waals surface area contributed by atoms with Crippen molar-refractivity contribution < 1.29 is 28.6 Å². The number of carboxylic acids is 1. The number of nitrogens with one attached hydrogen (secondary N) is 2. The monoisotopic (exact) mass is 388 g/mol. The summed E-state index contributed by atoms with van der Waals surface area (Å²) in [6, 6.07) is 8.86. The second-order valence-electron chi connectivity index (χ2n) is 6.65. The number of hydrogen-bond donors (Lipinski definition) is 3. The first-order valence-electron chi connectivity index (χ1n) is 8.87. The largest absolute Gasteiger partial charge is 0.482 e. The minimum atomic E-state index is -1.05. The van der Waals surface area contributed by atoms with Gasteiger partial charge in [-0.2, -0.15) is 0 Å². The van der Waals surface area contributed by atoms with Crippen molar-refractivity contribution in [2.24, 2.45) is 5.92 Å². The Morgan fingerprint density at radius 1 is 1.07 bits per heavy atom. The minimum Gasteiger partial charge on any atom is -0.482 e. The van der Waals surface area contributed by atoms with E-state index in [4.69, 9.17) is 14.3 Å². The molecule has 0 aliphatic rings. The zero-order chi connectivity index (χ0) is 20.7. The lowest BCUT2D eigenvalue weighted by atomic mass is 10.0. The molecule has 1 heterocycles. The molecule has 0 saturated heterocycles. The number of carbonyl (C=O) groups is 3. The molecule has 0 saturated carbocycles. The summed E-state index contributed by atoms with van der Waals surface area (Å²) in [4.78, 5) is 35.4. The van der Waals surface area contributed by atoms with Crippen molar-refractivity contribution in [3.63, 3.8) is 0 Å². The number of furan rings is 1. The number of carbonyl (C=O) groups excluding carboxylic acids is 2. The first-order valence-corrected chi connectivity index (χ1v) is 8.87. The van der Waals surface area contributed by atoms with Crippen LogP contribution in [-0.2, 0) is 9.59 Å². The summed E-state index contributed by atoms with van der Waals surface area (Å²) < 4.78 is 10.1. The van der Waals surface area contributed by atoms with Crippen LogP contribution in [0.1, 0.15) is 42.9 Å². The van der Waals surface area contributed by atoms with E-state index in [9.17, 15) is 14.4 Å². The summed E-state index contributed by atoms with van der Waals surface area (Å²) in [5.41, 5.74) is 0.816. The molecule has 2 rings (SSSR count). The number of benzene rings is 1. The zero-order valence-corrected chi connectivity index (χ0v) is 16.0. The van der Waals surface area contributed by atoms with Gasteiger partial charge in [-0.1, -0.05) is 26.0 Å². The van der Waals surface area contributed by atoms with E-state index < -0.39 is 24.5 Å². The fourth-order valence-electron chi connectivity index (χ4n) is 2.54. The van der Waals surface area contributed by atoms with E-state index in [1.807, 2.05) is 20.8 Å². The molecule has 1 aromatic heterocycles. The van der Waals surface area contributed by atoms with Gasteiger partial charge in [0.15, 0.2) is 12.4 Å². The van der Waals surface area contributed by atoms with Gasteiger partial charge in [-0.3, -0.25) is 9.59 Å².